The molecule has 0 bridgehead atoms. The summed E-state index contributed by atoms with van der Waals surface area (Å²) in [4.78, 5) is 2.14. The third-order valence-electron chi connectivity index (χ3n) is 5.35. The van der Waals surface area contributed by atoms with Gasteiger partial charge in [-0.15, -0.1) is 0 Å². The van der Waals surface area contributed by atoms with Crippen LogP contribution in [-0.4, -0.2) is 62.7 Å². The van der Waals surface area contributed by atoms with Crippen molar-refractivity contribution < 1.29 is 19.2 Å². The van der Waals surface area contributed by atoms with Crippen molar-refractivity contribution in [2.75, 3.05) is 26.3 Å². The molecule has 4 rings (SSSR count). The van der Waals surface area contributed by atoms with Crippen LogP contribution in [0.3, 0.4) is 0 Å². The summed E-state index contributed by atoms with van der Waals surface area (Å²) in [6.45, 7) is 4.60. The van der Waals surface area contributed by atoms with E-state index in [2.05, 4.69) is 15.2 Å². The molecule has 1 N–H and O–H groups in total. The molecular formula is C14H20N4O4. The number of hydrogen-bond acceptors (Lipinski definition) is 7. The minimum atomic E-state index is -1.36. The molecule has 1 aliphatic carbocycles. The van der Waals surface area contributed by atoms with Crippen LogP contribution in [0.2, 0.25) is 0 Å². The van der Waals surface area contributed by atoms with E-state index < -0.39 is 11.3 Å². The van der Waals surface area contributed by atoms with Gasteiger partial charge in [-0.3, -0.25) is 0 Å². The topological polar surface area (TPSA) is 97.7 Å². The van der Waals surface area contributed by atoms with Crippen LogP contribution in [0.5, 0.6) is 0 Å². The Morgan fingerprint density at radius 2 is 2.09 bits per heavy atom. The maximum Gasteiger partial charge on any atom is 0.232 e. The second-order valence-electron chi connectivity index (χ2n) is 6.27. The molecule has 120 valence electrons. The van der Waals surface area contributed by atoms with Gasteiger partial charge in [0.15, 0.2) is 5.69 Å². The third-order valence-corrected chi connectivity index (χ3v) is 5.35. The molecular weight excluding hydrogens is 288 g/mol. The average molecular weight is 308 g/mol. The highest BCUT2D eigenvalue weighted by Gasteiger charge is 2.64. The number of nitrogens with zero attached hydrogens (tertiary/aromatic N) is 4. The summed E-state index contributed by atoms with van der Waals surface area (Å²) < 4.78 is 11.2. The Kier molecular flexibility index (Phi) is 3.04. The van der Waals surface area contributed by atoms with Crippen LogP contribution in [0.4, 0.5) is 0 Å². The lowest BCUT2D eigenvalue weighted by atomic mass is 9.80. The first-order valence-electron chi connectivity index (χ1n) is 7.82. The monoisotopic (exact) mass is 308 g/mol. The predicted octanol–water partition coefficient (Wildman–Crippen LogP) is -0.00310. The number of hydrogen-bond donors (Lipinski definition) is 1. The van der Waals surface area contributed by atoms with Gasteiger partial charge in [-0.25, -0.2) is 9.53 Å². The van der Waals surface area contributed by atoms with E-state index in [0.717, 1.165) is 4.74 Å². The maximum absolute atomic E-state index is 13.1. The highest BCUT2D eigenvalue weighted by Crippen LogP contribution is 2.46. The molecule has 22 heavy (non-hydrogen) atoms. The molecule has 1 aromatic heterocycles. The van der Waals surface area contributed by atoms with Gasteiger partial charge in [0.1, 0.15) is 5.69 Å². The molecule has 1 saturated heterocycles. The van der Waals surface area contributed by atoms with Crippen LogP contribution < -0.4 is 0 Å². The Balaban J connectivity index is 1.80. The molecule has 3 aliphatic rings. The van der Waals surface area contributed by atoms with Crippen molar-refractivity contribution in [2.45, 2.75) is 43.9 Å². The SMILES string of the molecule is CC[C@]1(N2CCOCC2)C[C@@]2(O)C(=[N+]1[O-])CCc1nonc12. The van der Waals surface area contributed by atoms with Gasteiger partial charge in [0, 0.05) is 32.4 Å². The minimum absolute atomic E-state index is 0.302. The number of hydroxylamine groups is 1. The Labute approximate surface area is 127 Å². The first-order chi connectivity index (χ1) is 10.6. The number of aryl methyl sites for hydroxylation is 1. The molecule has 2 aliphatic heterocycles. The molecule has 2 atom stereocenters. The zero-order chi connectivity index (χ0) is 15.4. The summed E-state index contributed by atoms with van der Waals surface area (Å²) in [6.07, 6.45) is 2.00. The van der Waals surface area contributed by atoms with E-state index >= 15 is 0 Å². The zero-order valence-electron chi connectivity index (χ0n) is 12.6. The molecule has 3 heterocycles. The van der Waals surface area contributed by atoms with Crippen LogP contribution in [0.1, 0.15) is 37.6 Å². The fourth-order valence-electron chi connectivity index (χ4n) is 4.17. The van der Waals surface area contributed by atoms with Crippen LogP contribution in [0.15, 0.2) is 4.63 Å². The number of aliphatic hydroxyl groups is 1. The Bertz CT molecular complexity index is 624. The van der Waals surface area contributed by atoms with Crippen molar-refractivity contribution in [1.29, 1.82) is 0 Å². The lowest BCUT2D eigenvalue weighted by molar-refractivity contribution is -0.578. The van der Waals surface area contributed by atoms with Crippen LogP contribution in [0, 0.1) is 5.21 Å². The Morgan fingerprint density at radius 3 is 2.82 bits per heavy atom. The van der Waals surface area contributed by atoms with Gasteiger partial charge in [-0.1, -0.05) is 17.2 Å². The van der Waals surface area contributed by atoms with E-state index in [1.165, 1.54) is 0 Å². The van der Waals surface area contributed by atoms with Crippen molar-refractivity contribution in [3.63, 3.8) is 0 Å². The summed E-state index contributed by atoms with van der Waals surface area (Å²) in [5.74, 6) is 0. The average Bonchev–Trinajstić information content (AvgIpc) is 3.11. The minimum Gasteiger partial charge on any atom is -0.622 e. The number of morpholine rings is 1. The fourth-order valence-corrected chi connectivity index (χ4v) is 4.17. The quantitative estimate of drug-likeness (QED) is 0.606. The van der Waals surface area contributed by atoms with Gasteiger partial charge < -0.3 is 15.1 Å². The molecule has 1 fully saturated rings. The normalized spacial score (nSPS) is 35.5. The smallest absolute Gasteiger partial charge is 0.232 e. The lowest BCUT2D eigenvalue weighted by Crippen LogP contribution is -2.57. The zero-order valence-corrected chi connectivity index (χ0v) is 12.6. The molecule has 1 aromatic rings. The largest absolute Gasteiger partial charge is 0.622 e. The second kappa shape index (κ2) is 4.74. The van der Waals surface area contributed by atoms with E-state index in [0.29, 0.717) is 69.1 Å². The molecule has 0 saturated carbocycles. The van der Waals surface area contributed by atoms with Crippen molar-refractivity contribution in [1.82, 2.24) is 15.2 Å². The molecule has 0 aromatic carbocycles. The Morgan fingerprint density at radius 1 is 1.32 bits per heavy atom. The summed E-state index contributed by atoms with van der Waals surface area (Å²) in [7, 11) is 0. The van der Waals surface area contributed by atoms with E-state index in [1.807, 2.05) is 6.92 Å². The van der Waals surface area contributed by atoms with Crippen LogP contribution in [0.25, 0.3) is 0 Å². The van der Waals surface area contributed by atoms with E-state index in [9.17, 15) is 10.3 Å². The van der Waals surface area contributed by atoms with Gasteiger partial charge in [-0.05, 0) is 0 Å². The summed E-state index contributed by atoms with van der Waals surface area (Å²) in [5, 5.41) is 32.1. The van der Waals surface area contributed by atoms with Gasteiger partial charge >= 0.3 is 0 Å². The van der Waals surface area contributed by atoms with Crippen molar-refractivity contribution in [2.24, 2.45) is 0 Å². The van der Waals surface area contributed by atoms with Crippen molar-refractivity contribution in [3.8, 4) is 0 Å². The highest BCUT2D eigenvalue weighted by atomic mass is 16.6. The highest BCUT2D eigenvalue weighted by molar-refractivity contribution is 5.92. The number of fused-ring (bicyclic) bond motifs is 3. The standard InChI is InChI=1S/C14H20N4O4/c1-2-13(17-5-7-21-8-6-17)9-14(19)11(18(13)20)4-3-10-12(14)16-22-15-10/h19H,2-9H2,1H3/t13-,14-/m1/s1. The van der Waals surface area contributed by atoms with Gasteiger partial charge in [-0.2, -0.15) is 4.74 Å². The maximum atomic E-state index is 13.1. The van der Waals surface area contributed by atoms with E-state index in [1.54, 1.807) is 0 Å². The first-order valence-corrected chi connectivity index (χ1v) is 7.82. The molecule has 8 nitrogen and oxygen atoms in total. The summed E-state index contributed by atoms with van der Waals surface area (Å²) in [6, 6.07) is 0. The molecule has 0 amide bonds. The summed E-state index contributed by atoms with van der Waals surface area (Å²) in [5.41, 5.74) is -0.534. The van der Waals surface area contributed by atoms with E-state index in [-0.39, 0.29) is 0 Å². The second-order valence-corrected chi connectivity index (χ2v) is 6.27. The number of ether oxygens (including phenoxy) is 1. The van der Waals surface area contributed by atoms with E-state index in [4.69, 9.17) is 9.37 Å². The van der Waals surface area contributed by atoms with Crippen LogP contribution >= 0.6 is 0 Å². The van der Waals surface area contributed by atoms with Crippen molar-refractivity contribution in [3.05, 3.63) is 16.6 Å². The third kappa shape index (κ3) is 1.65. The number of rotatable bonds is 2. The summed E-state index contributed by atoms with van der Waals surface area (Å²) >= 11 is 0. The first kappa shape index (κ1) is 14.1. The molecule has 8 heteroatoms. The van der Waals surface area contributed by atoms with Crippen LogP contribution in [-0.2, 0) is 16.8 Å². The lowest BCUT2D eigenvalue weighted by Gasteiger charge is -2.40. The number of aromatic nitrogens is 2. The fraction of sp³-hybridized carbons (Fsp3) is 0.786. The predicted molar refractivity (Wildman–Crippen MR) is 75.2 cm³/mol. The van der Waals surface area contributed by atoms with Crippen molar-refractivity contribution >= 4 is 5.71 Å². The van der Waals surface area contributed by atoms with Gasteiger partial charge in [0.05, 0.1) is 19.6 Å². The molecule has 0 radical (unpaired) electrons. The molecule has 0 spiro atoms. The molecule has 0 unspecified atom stereocenters. The Hall–Kier alpha value is -1.51. The van der Waals surface area contributed by atoms with Gasteiger partial charge in [0.2, 0.25) is 17.0 Å². The van der Waals surface area contributed by atoms with Gasteiger partial charge in [0.25, 0.3) is 0 Å².